The Morgan fingerprint density at radius 3 is 2.94 bits per heavy atom. The van der Waals surface area contributed by atoms with Gasteiger partial charge in [-0.2, -0.15) is 11.8 Å². The van der Waals surface area contributed by atoms with Crippen LogP contribution in [0.5, 0.6) is 5.75 Å². The lowest BCUT2D eigenvalue weighted by Gasteiger charge is -2.36. The minimum atomic E-state index is -1.29. The summed E-state index contributed by atoms with van der Waals surface area (Å²) in [4.78, 5) is 18.5. The van der Waals surface area contributed by atoms with E-state index in [1.165, 1.54) is 19.0 Å². The average molecular weight is 481 g/mol. The number of aromatic nitrogens is 1. The van der Waals surface area contributed by atoms with Crippen molar-refractivity contribution in [2.45, 2.75) is 43.5 Å². The zero-order chi connectivity index (χ0) is 22.7. The van der Waals surface area contributed by atoms with Gasteiger partial charge in [-0.3, -0.25) is 9.78 Å². The molecule has 0 bridgehead atoms. The van der Waals surface area contributed by atoms with E-state index in [-0.39, 0.29) is 17.4 Å². The number of benzene rings is 1. The van der Waals surface area contributed by atoms with Crippen molar-refractivity contribution >= 4 is 40.2 Å². The number of hydrogen-bond acceptors (Lipinski definition) is 5. The zero-order valence-electron chi connectivity index (χ0n) is 18.3. The number of ether oxygens (including phenoxy) is 1. The number of carboxylic acids is 1. The molecular weight excluding hydrogens is 451 g/mol. The van der Waals surface area contributed by atoms with Crippen LogP contribution in [0.4, 0.5) is 4.39 Å². The molecule has 8 heteroatoms. The molecule has 4 rings (SSSR count). The lowest BCUT2D eigenvalue weighted by Crippen LogP contribution is -2.44. The molecule has 0 spiro atoms. The minimum Gasteiger partial charge on any atom is -0.497 e. The molecule has 2 aliphatic rings. The van der Waals surface area contributed by atoms with E-state index in [4.69, 9.17) is 16.3 Å². The van der Waals surface area contributed by atoms with E-state index in [1.54, 1.807) is 25.3 Å². The molecule has 1 saturated carbocycles. The van der Waals surface area contributed by atoms with Crippen molar-refractivity contribution in [3.8, 4) is 5.75 Å². The fourth-order valence-electron chi connectivity index (χ4n) is 4.60. The quantitative estimate of drug-likeness (QED) is 0.477. The van der Waals surface area contributed by atoms with E-state index in [1.807, 2.05) is 11.8 Å². The van der Waals surface area contributed by atoms with Crippen molar-refractivity contribution < 1.29 is 19.0 Å². The summed E-state index contributed by atoms with van der Waals surface area (Å²) in [6, 6.07) is 5.33. The Bertz CT molecular complexity index is 958. The molecule has 0 radical (unpaired) electrons. The number of aliphatic carboxylic acids is 1. The molecule has 1 aromatic heterocycles. The second kappa shape index (κ2) is 10.6. The van der Waals surface area contributed by atoms with Crippen molar-refractivity contribution in [3.05, 3.63) is 35.0 Å². The highest BCUT2D eigenvalue weighted by atomic mass is 35.5. The molecular formula is C24H30ClFN2O3S. The van der Waals surface area contributed by atoms with Gasteiger partial charge in [-0.15, -0.1) is 0 Å². The minimum absolute atomic E-state index is 0.0282. The van der Waals surface area contributed by atoms with Crippen LogP contribution < -0.4 is 4.74 Å². The number of pyridine rings is 1. The normalized spacial score (nSPS) is 22.7. The molecule has 1 aliphatic heterocycles. The third kappa shape index (κ3) is 5.67. The Kier molecular flexibility index (Phi) is 7.79. The van der Waals surface area contributed by atoms with Gasteiger partial charge >= 0.3 is 5.97 Å². The van der Waals surface area contributed by atoms with Crippen LogP contribution >= 0.6 is 23.4 Å². The SMILES string of the molecule is COc1ccc2ncc(Cl)c([C@H](F)CCC3CCN(CCSC4CC4)CC3C(=O)O)c2c1. The van der Waals surface area contributed by atoms with Gasteiger partial charge in [-0.1, -0.05) is 11.6 Å². The van der Waals surface area contributed by atoms with Crippen molar-refractivity contribution in [1.82, 2.24) is 9.88 Å². The fraction of sp³-hybridized carbons (Fsp3) is 0.583. The largest absolute Gasteiger partial charge is 0.497 e. The summed E-state index contributed by atoms with van der Waals surface area (Å²) in [6.45, 7) is 2.37. The molecule has 2 unspecified atom stereocenters. The molecule has 2 fully saturated rings. The molecule has 1 aromatic carbocycles. The van der Waals surface area contributed by atoms with Gasteiger partial charge in [0.1, 0.15) is 11.9 Å². The molecule has 2 aromatic rings. The summed E-state index contributed by atoms with van der Waals surface area (Å²) in [5.41, 5.74) is 1.07. The first-order valence-electron chi connectivity index (χ1n) is 11.3. The lowest BCUT2D eigenvalue weighted by molar-refractivity contribution is -0.146. The van der Waals surface area contributed by atoms with Crippen LogP contribution in [-0.2, 0) is 4.79 Å². The van der Waals surface area contributed by atoms with Crippen LogP contribution in [0.3, 0.4) is 0 Å². The van der Waals surface area contributed by atoms with Crippen LogP contribution in [0.15, 0.2) is 24.4 Å². The predicted molar refractivity (Wildman–Crippen MR) is 128 cm³/mol. The highest BCUT2D eigenvalue weighted by Crippen LogP contribution is 2.39. The van der Waals surface area contributed by atoms with E-state index >= 15 is 4.39 Å². The van der Waals surface area contributed by atoms with Crippen molar-refractivity contribution in [3.63, 3.8) is 0 Å². The monoisotopic (exact) mass is 480 g/mol. The number of rotatable bonds is 10. The Hall–Kier alpha value is -1.57. The Morgan fingerprint density at radius 1 is 1.41 bits per heavy atom. The first kappa shape index (κ1) is 23.6. The number of alkyl halides is 1. The average Bonchev–Trinajstić information content (AvgIpc) is 3.61. The highest BCUT2D eigenvalue weighted by molar-refractivity contribution is 8.00. The van der Waals surface area contributed by atoms with Gasteiger partial charge in [0.2, 0.25) is 0 Å². The van der Waals surface area contributed by atoms with Gasteiger partial charge in [0.25, 0.3) is 0 Å². The van der Waals surface area contributed by atoms with Crippen LogP contribution in [0.1, 0.15) is 43.8 Å². The molecule has 174 valence electrons. The topological polar surface area (TPSA) is 62.7 Å². The molecule has 5 nitrogen and oxygen atoms in total. The first-order valence-corrected chi connectivity index (χ1v) is 12.7. The smallest absolute Gasteiger partial charge is 0.308 e. The molecule has 32 heavy (non-hydrogen) atoms. The second-order valence-corrected chi connectivity index (χ2v) is 10.6. The van der Waals surface area contributed by atoms with Gasteiger partial charge in [-0.05, 0) is 62.8 Å². The van der Waals surface area contributed by atoms with Crippen LogP contribution in [0.25, 0.3) is 10.9 Å². The molecule has 1 saturated heterocycles. The number of thioether (sulfide) groups is 1. The zero-order valence-corrected chi connectivity index (χ0v) is 19.9. The molecule has 3 atom stereocenters. The van der Waals surface area contributed by atoms with Crippen LogP contribution in [-0.4, -0.2) is 58.7 Å². The van der Waals surface area contributed by atoms with Gasteiger partial charge < -0.3 is 14.7 Å². The number of hydrogen-bond donors (Lipinski definition) is 1. The Labute approximate surface area is 197 Å². The summed E-state index contributed by atoms with van der Waals surface area (Å²) >= 11 is 8.34. The van der Waals surface area contributed by atoms with E-state index in [0.717, 1.165) is 30.5 Å². The number of fused-ring (bicyclic) bond motifs is 1. The summed E-state index contributed by atoms with van der Waals surface area (Å²) in [5.74, 6) is 0.423. The van der Waals surface area contributed by atoms with Crippen LogP contribution in [0, 0.1) is 11.8 Å². The van der Waals surface area contributed by atoms with Crippen molar-refractivity contribution in [2.75, 3.05) is 32.5 Å². The number of nitrogens with zero attached hydrogens (tertiary/aromatic N) is 2. The first-order chi connectivity index (χ1) is 15.5. The van der Waals surface area contributed by atoms with E-state index in [0.29, 0.717) is 35.2 Å². The summed E-state index contributed by atoms with van der Waals surface area (Å²) in [7, 11) is 1.56. The summed E-state index contributed by atoms with van der Waals surface area (Å²) in [6.07, 6.45) is 4.38. The number of carboxylic acid groups (broad SMARTS) is 1. The van der Waals surface area contributed by atoms with E-state index in [2.05, 4.69) is 9.88 Å². The maximum Gasteiger partial charge on any atom is 0.308 e. The maximum atomic E-state index is 15.5. The van der Waals surface area contributed by atoms with Crippen molar-refractivity contribution in [2.24, 2.45) is 11.8 Å². The number of carbonyl (C=O) groups is 1. The third-order valence-corrected chi connectivity index (χ3v) is 8.28. The third-order valence-electron chi connectivity index (χ3n) is 6.62. The fourth-order valence-corrected chi connectivity index (χ4v) is 6.03. The second-order valence-electron chi connectivity index (χ2n) is 8.81. The van der Waals surface area contributed by atoms with Gasteiger partial charge in [0, 0.05) is 41.2 Å². The molecule has 2 heterocycles. The van der Waals surface area contributed by atoms with Crippen molar-refractivity contribution in [1.29, 1.82) is 0 Å². The molecule has 1 aliphatic carbocycles. The predicted octanol–water partition coefficient (Wildman–Crippen LogP) is 5.61. The maximum absolute atomic E-state index is 15.5. The highest BCUT2D eigenvalue weighted by Gasteiger charge is 2.35. The van der Waals surface area contributed by atoms with E-state index in [9.17, 15) is 9.90 Å². The number of halogens is 2. The van der Waals surface area contributed by atoms with Gasteiger partial charge in [0.05, 0.1) is 23.6 Å². The van der Waals surface area contributed by atoms with Gasteiger partial charge in [-0.25, -0.2) is 4.39 Å². The molecule has 1 N–H and O–H groups in total. The number of likely N-dealkylation sites (tertiary alicyclic amines) is 1. The number of piperidine rings is 1. The number of methoxy groups -OCH3 is 1. The Morgan fingerprint density at radius 2 is 2.22 bits per heavy atom. The standard InChI is InChI=1S/C24H30ClFN2O3S/c1-31-16-3-7-22-18(12-16)23(20(25)13-27-22)21(26)6-2-15-8-9-28(14-19(15)24(29)30)10-11-32-17-4-5-17/h3,7,12-13,15,17,19,21H,2,4-6,8-11,14H2,1H3,(H,29,30)/t15?,19?,21-/m1/s1. The van der Waals surface area contributed by atoms with Gasteiger partial charge in [0.15, 0.2) is 0 Å². The lowest BCUT2D eigenvalue weighted by atomic mass is 9.81. The summed E-state index contributed by atoms with van der Waals surface area (Å²) in [5, 5.41) is 11.6. The Balaban J connectivity index is 1.40. The molecule has 0 amide bonds. The van der Waals surface area contributed by atoms with E-state index < -0.39 is 18.1 Å². The van der Waals surface area contributed by atoms with Crippen LogP contribution in [0.2, 0.25) is 5.02 Å². The summed E-state index contributed by atoms with van der Waals surface area (Å²) < 4.78 is 20.7.